The van der Waals surface area contributed by atoms with Gasteiger partial charge in [0.1, 0.15) is 0 Å². The molecule has 2 aromatic heterocycles. The smallest absolute Gasteiger partial charge is 0.183 e. The quantitative estimate of drug-likeness (QED) is 0.697. The van der Waals surface area contributed by atoms with Crippen molar-refractivity contribution >= 4 is 9.84 Å². The van der Waals surface area contributed by atoms with Crippen LogP contribution in [0.2, 0.25) is 0 Å². The molecule has 2 aliphatic rings. The van der Waals surface area contributed by atoms with Crippen LogP contribution >= 0.6 is 0 Å². The molecule has 0 amide bonds. The Bertz CT molecular complexity index is 1110. The van der Waals surface area contributed by atoms with Crippen molar-refractivity contribution in [3.63, 3.8) is 0 Å². The first-order chi connectivity index (χ1) is 13.0. The Labute approximate surface area is 158 Å². The second-order valence-corrected chi connectivity index (χ2v) is 9.54. The van der Waals surface area contributed by atoms with Gasteiger partial charge in [0.2, 0.25) is 0 Å². The molecule has 0 unspecified atom stereocenters. The number of hydrogen-bond acceptors (Lipinski definition) is 5. The summed E-state index contributed by atoms with van der Waals surface area (Å²) in [5.74, 6) is 0.0262. The predicted octanol–water partition coefficient (Wildman–Crippen LogP) is 2.24. The van der Waals surface area contributed by atoms with Crippen molar-refractivity contribution < 1.29 is 8.42 Å². The van der Waals surface area contributed by atoms with Crippen molar-refractivity contribution in [3.8, 4) is 11.1 Å². The van der Waals surface area contributed by atoms with Crippen LogP contribution in [0.15, 0.2) is 60.0 Å². The van der Waals surface area contributed by atoms with Gasteiger partial charge >= 0.3 is 0 Å². The molecular formula is C20H20N4O2S. The van der Waals surface area contributed by atoms with Crippen LogP contribution in [-0.2, 0) is 23.4 Å². The Morgan fingerprint density at radius 2 is 2.04 bits per heavy atom. The number of nitrogens with zero attached hydrogens (tertiary/aromatic N) is 4. The minimum atomic E-state index is -3.28. The molecule has 2 aliphatic heterocycles. The lowest BCUT2D eigenvalue weighted by Crippen LogP contribution is -2.25. The number of benzene rings is 1. The molecule has 6 nitrogen and oxygen atoms in total. The molecule has 1 aromatic carbocycles. The number of sulfone groups is 1. The molecule has 0 bridgehead atoms. The fourth-order valence-corrected chi connectivity index (χ4v) is 6.57. The molecule has 1 fully saturated rings. The number of hydrogen-bond donors (Lipinski definition) is 0. The monoisotopic (exact) mass is 380 g/mol. The van der Waals surface area contributed by atoms with Crippen molar-refractivity contribution in [2.75, 3.05) is 13.1 Å². The maximum absolute atomic E-state index is 13.1. The molecule has 27 heavy (non-hydrogen) atoms. The van der Waals surface area contributed by atoms with E-state index in [-0.39, 0.29) is 11.2 Å². The number of likely N-dealkylation sites (tertiary alicyclic amines) is 1. The van der Waals surface area contributed by atoms with Gasteiger partial charge in [-0.2, -0.15) is 5.10 Å². The van der Waals surface area contributed by atoms with E-state index in [0.717, 1.165) is 35.3 Å². The summed E-state index contributed by atoms with van der Waals surface area (Å²) in [5.41, 5.74) is 4.09. The summed E-state index contributed by atoms with van der Waals surface area (Å²) >= 11 is 0. The van der Waals surface area contributed by atoms with Crippen LogP contribution < -0.4 is 0 Å². The topological polar surface area (TPSA) is 68.1 Å². The van der Waals surface area contributed by atoms with E-state index in [0.29, 0.717) is 11.4 Å². The molecule has 0 aliphatic carbocycles. The fraction of sp³-hybridized carbons (Fsp3) is 0.300. The Morgan fingerprint density at radius 3 is 2.78 bits per heavy atom. The second-order valence-electron chi connectivity index (χ2n) is 7.40. The minimum Gasteiger partial charge on any atom is -0.297 e. The molecule has 138 valence electrons. The van der Waals surface area contributed by atoms with Gasteiger partial charge in [0.25, 0.3) is 0 Å². The summed E-state index contributed by atoms with van der Waals surface area (Å²) in [6.45, 7) is 2.05. The lowest BCUT2D eigenvalue weighted by Gasteiger charge is -2.16. The van der Waals surface area contributed by atoms with Crippen LogP contribution in [0.5, 0.6) is 0 Å². The zero-order valence-electron chi connectivity index (χ0n) is 15.0. The van der Waals surface area contributed by atoms with Crippen LogP contribution in [0.3, 0.4) is 0 Å². The third-order valence-electron chi connectivity index (χ3n) is 5.62. The lowest BCUT2D eigenvalue weighted by molar-refractivity contribution is 0.325. The summed E-state index contributed by atoms with van der Waals surface area (Å²) in [4.78, 5) is 6.91. The molecule has 0 saturated carbocycles. The van der Waals surface area contributed by atoms with Gasteiger partial charge in [-0.15, -0.1) is 0 Å². The molecule has 0 spiro atoms. The SMILES string of the molecule is Cn1cc(CN2C[C@@H]3[C@@H](C2)c2cc(-c4cccnc4)ccc2S3(=O)=O)cn1. The Balaban J connectivity index is 1.48. The first kappa shape index (κ1) is 16.6. The maximum Gasteiger partial charge on any atom is 0.183 e. The van der Waals surface area contributed by atoms with Crippen LogP contribution in [0.25, 0.3) is 11.1 Å². The largest absolute Gasteiger partial charge is 0.297 e. The number of pyridine rings is 1. The molecule has 2 atom stereocenters. The molecule has 5 rings (SSSR count). The van der Waals surface area contributed by atoms with Crippen LogP contribution in [0, 0.1) is 0 Å². The lowest BCUT2D eigenvalue weighted by atomic mass is 9.95. The highest BCUT2D eigenvalue weighted by atomic mass is 32.2. The highest BCUT2D eigenvalue weighted by Gasteiger charge is 2.50. The minimum absolute atomic E-state index is 0.0262. The normalized spacial score (nSPS) is 23.3. The molecule has 0 N–H and O–H groups in total. The van der Waals surface area contributed by atoms with E-state index in [1.54, 1.807) is 16.9 Å². The number of aromatic nitrogens is 3. The van der Waals surface area contributed by atoms with Crippen LogP contribution in [-0.4, -0.2) is 46.4 Å². The van der Waals surface area contributed by atoms with E-state index in [4.69, 9.17) is 0 Å². The van der Waals surface area contributed by atoms with Crippen LogP contribution in [0.4, 0.5) is 0 Å². The van der Waals surface area contributed by atoms with E-state index in [9.17, 15) is 8.42 Å². The van der Waals surface area contributed by atoms with Crippen molar-refractivity contribution in [1.82, 2.24) is 19.7 Å². The van der Waals surface area contributed by atoms with Gasteiger partial charge in [-0.1, -0.05) is 12.1 Å². The van der Waals surface area contributed by atoms with Gasteiger partial charge in [-0.3, -0.25) is 14.6 Å². The zero-order chi connectivity index (χ0) is 18.6. The van der Waals surface area contributed by atoms with Crippen LogP contribution in [0.1, 0.15) is 17.0 Å². The first-order valence-electron chi connectivity index (χ1n) is 9.00. The number of aryl methyl sites for hydroxylation is 1. The summed E-state index contributed by atoms with van der Waals surface area (Å²) in [6, 6.07) is 9.60. The molecule has 4 heterocycles. The molecular weight excluding hydrogens is 360 g/mol. The number of rotatable bonds is 3. The predicted molar refractivity (Wildman–Crippen MR) is 102 cm³/mol. The standard InChI is InChI=1S/C20H20N4O2S/c1-23-10-14(8-22-23)11-24-12-18-17-7-15(16-3-2-6-21-9-16)4-5-19(17)27(25,26)20(18)13-24/h2-10,18,20H,11-13H2,1H3/t18-,20+/m0/s1. The molecule has 1 saturated heterocycles. The second kappa shape index (κ2) is 6.00. The molecule has 0 radical (unpaired) electrons. The first-order valence-corrected chi connectivity index (χ1v) is 10.5. The average Bonchev–Trinajstić information content (AvgIpc) is 3.33. The van der Waals surface area contributed by atoms with E-state index in [2.05, 4.69) is 15.0 Å². The van der Waals surface area contributed by atoms with E-state index < -0.39 is 9.84 Å². The van der Waals surface area contributed by atoms with Gasteiger partial charge in [0.05, 0.1) is 16.3 Å². The van der Waals surface area contributed by atoms with Crippen molar-refractivity contribution in [2.24, 2.45) is 7.05 Å². The highest BCUT2D eigenvalue weighted by molar-refractivity contribution is 7.92. The van der Waals surface area contributed by atoms with Crippen molar-refractivity contribution in [1.29, 1.82) is 0 Å². The fourth-order valence-electron chi connectivity index (χ4n) is 4.38. The third-order valence-corrected chi connectivity index (χ3v) is 7.88. The Hall–Kier alpha value is -2.51. The van der Waals surface area contributed by atoms with E-state index in [1.165, 1.54) is 0 Å². The van der Waals surface area contributed by atoms with Gasteiger partial charge in [0.15, 0.2) is 9.84 Å². The summed E-state index contributed by atoms with van der Waals surface area (Å²) in [7, 11) is -1.39. The molecule has 3 aromatic rings. The van der Waals surface area contributed by atoms with E-state index >= 15 is 0 Å². The number of fused-ring (bicyclic) bond motifs is 3. The molecule has 7 heteroatoms. The Morgan fingerprint density at radius 1 is 1.15 bits per heavy atom. The van der Waals surface area contributed by atoms with Gasteiger partial charge in [0, 0.05) is 56.8 Å². The van der Waals surface area contributed by atoms with Crippen molar-refractivity contribution in [2.45, 2.75) is 22.6 Å². The van der Waals surface area contributed by atoms with Gasteiger partial charge in [-0.05, 0) is 34.9 Å². The summed E-state index contributed by atoms with van der Waals surface area (Å²) in [6.07, 6.45) is 7.38. The summed E-state index contributed by atoms with van der Waals surface area (Å²) < 4.78 is 27.9. The van der Waals surface area contributed by atoms with E-state index in [1.807, 2.05) is 49.9 Å². The van der Waals surface area contributed by atoms with Crippen molar-refractivity contribution in [3.05, 3.63) is 66.2 Å². The zero-order valence-corrected chi connectivity index (χ0v) is 15.8. The third kappa shape index (κ3) is 2.69. The summed E-state index contributed by atoms with van der Waals surface area (Å²) in [5, 5.41) is 3.85. The average molecular weight is 380 g/mol. The van der Waals surface area contributed by atoms with Gasteiger partial charge < -0.3 is 0 Å². The maximum atomic E-state index is 13.1. The highest BCUT2D eigenvalue weighted by Crippen LogP contribution is 2.46. The van der Waals surface area contributed by atoms with Gasteiger partial charge in [-0.25, -0.2) is 8.42 Å². The Kier molecular flexibility index (Phi) is 3.70.